The van der Waals surface area contributed by atoms with Crippen LogP contribution in [0.15, 0.2) is 42.5 Å². The van der Waals surface area contributed by atoms with E-state index in [0.29, 0.717) is 17.9 Å². The van der Waals surface area contributed by atoms with Crippen LogP contribution < -0.4 is 4.74 Å². The third-order valence-electron chi connectivity index (χ3n) is 5.26. The fourth-order valence-electron chi connectivity index (χ4n) is 4.40. The molecule has 4 rings (SSSR count). The second kappa shape index (κ2) is 4.60. The van der Waals surface area contributed by atoms with E-state index in [4.69, 9.17) is 4.74 Å². The highest BCUT2D eigenvalue weighted by atomic mass is 16.5. The van der Waals surface area contributed by atoms with Crippen LogP contribution in [0.3, 0.4) is 0 Å². The molecule has 108 valence electrons. The van der Waals surface area contributed by atoms with Gasteiger partial charge in [-0.3, -0.25) is 4.90 Å². The molecule has 2 aliphatic rings. The van der Waals surface area contributed by atoms with E-state index < -0.39 is 0 Å². The molecule has 1 aliphatic heterocycles. The average molecular weight is 279 g/mol. The molecule has 2 heteroatoms. The SMILES string of the molecule is COc1ccc2c(c1)C1c3ccccc3C(C1C)N(C)C2. The lowest BCUT2D eigenvalue weighted by Gasteiger charge is -2.27. The highest BCUT2D eigenvalue weighted by molar-refractivity contribution is 5.51. The first-order valence-corrected chi connectivity index (χ1v) is 7.66. The molecule has 0 radical (unpaired) electrons. The van der Waals surface area contributed by atoms with Crippen LogP contribution in [0.1, 0.15) is 41.1 Å². The van der Waals surface area contributed by atoms with E-state index in [1.807, 2.05) is 0 Å². The van der Waals surface area contributed by atoms with E-state index in [0.717, 1.165) is 12.3 Å². The van der Waals surface area contributed by atoms with Gasteiger partial charge in [-0.2, -0.15) is 0 Å². The van der Waals surface area contributed by atoms with Crippen LogP contribution >= 0.6 is 0 Å². The highest BCUT2D eigenvalue weighted by Crippen LogP contribution is 2.53. The van der Waals surface area contributed by atoms with Crippen LogP contribution in [0.5, 0.6) is 5.75 Å². The van der Waals surface area contributed by atoms with Gasteiger partial charge in [0.1, 0.15) is 5.75 Å². The van der Waals surface area contributed by atoms with E-state index in [2.05, 4.69) is 61.3 Å². The molecule has 1 aliphatic carbocycles. The van der Waals surface area contributed by atoms with Crippen molar-refractivity contribution in [2.75, 3.05) is 14.2 Å². The zero-order chi connectivity index (χ0) is 14.6. The standard InChI is InChI=1S/C19H21NO/c1-12-18-15-6-4-5-7-16(15)19(12)20(2)11-13-8-9-14(21-3)10-17(13)18/h4-10,12,18-19H,11H2,1-3H3. The zero-order valence-corrected chi connectivity index (χ0v) is 12.8. The largest absolute Gasteiger partial charge is 0.497 e. The van der Waals surface area contributed by atoms with Crippen molar-refractivity contribution < 1.29 is 4.74 Å². The van der Waals surface area contributed by atoms with E-state index in [-0.39, 0.29) is 0 Å². The molecule has 0 saturated heterocycles. The summed E-state index contributed by atoms with van der Waals surface area (Å²) in [4.78, 5) is 2.50. The maximum absolute atomic E-state index is 5.46. The average Bonchev–Trinajstić information content (AvgIpc) is 2.73. The van der Waals surface area contributed by atoms with Gasteiger partial charge in [0.05, 0.1) is 7.11 Å². The van der Waals surface area contributed by atoms with Gasteiger partial charge in [0, 0.05) is 18.5 Å². The van der Waals surface area contributed by atoms with Crippen molar-refractivity contribution in [3.63, 3.8) is 0 Å². The first-order chi connectivity index (χ1) is 10.2. The molecule has 0 amide bonds. The van der Waals surface area contributed by atoms with Crippen molar-refractivity contribution in [3.05, 3.63) is 64.7 Å². The Morgan fingerprint density at radius 3 is 2.57 bits per heavy atom. The Morgan fingerprint density at radius 1 is 1.05 bits per heavy atom. The highest BCUT2D eigenvalue weighted by Gasteiger charge is 2.43. The topological polar surface area (TPSA) is 12.5 Å². The van der Waals surface area contributed by atoms with Crippen molar-refractivity contribution in [1.82, 2.24) is 4.90 Å². The van der Waals surface area contributed by atoms with Gasteiger partial charge in [0.25, 0.3) is 0 Å². The van der Waals surface area contributed by atoms with Gasteiger partial charge in [-0.05, 0) is 47.4 Å². The van der Waals surface area contributed by atoms with E-state index in [9.17, 15) is 0 Å². The van der Waals surface area contributed by atoms with Crippen molar-refractivity contribution >= 4 is 0 Å². The monoisotopic (exact) mass is 279 g/mol. The van der Waals surface area contributed by atoms with E-state index in [1.54, 1.807) is 7.11 Å². The fourth-order valence-corrected chi connectivity index (χ4v) is 4.40. The molecule has 0 spiro atoms. The van der Waals surface area contributed by atoms with Gasteiger partial charge in [0.2, 0.25) is 0 Å². The molecule has 21 heavy (non-hydrogen) atoms. The lowest BCUT2D eigenvalue weighted by Crippen LogP contribution is -2.25. The Morgan fingerprint density at radius 2 is 1.81 bits per heavy atom. The molecule has 0 saturated carbocycles. The minimum absolute atomic E-state index is 0.487. The first kappa shape index (κ1) is 12.9. The molecule has 2 nitrogen and oxygen atoms in total. The van der Waals surface area contributed by atoms with Crippen molar-refractivity contribution in [3.8, 4) is 5.75 Å². The Bertz CT molecular complexity index is 694. The minimum Gasteiger partial charge on any atom is -0.497 e. The van der Waals surface area contributed by atoms with Gasteiger partial charge in [0.15, 0.2) is 0 Å². The molecule has 3 unspecified atom stereocenters. The summed E-state index contributed by atoms with van der Waals surface area (Å²) in [7, 11) is 4.00. The Labute approximate surface area is 126 Å². The molecule has 0 aromatic heterocycles. The molecule has 0 N–H and O–H groups in total. The van der Waals surface area contributed by atoms with Crippen LogP contribution in [0.2, 0.25) is 0 Å². The summed E-state index contributed by atoms with van der Waals surface area (Å²) in [5.41, 5.74) is 5.88. The van der Waals surface area contributed by atoms with Gasteiger partial charge in [-0.25, -0.2) is 0 Å². The predicted molar refractivity (Wildman–Crippen MR) is 84.7 cm³/mol. The third-order valence-corrected chi connectivity index (χ3v) is 5.26. The van der Waals surface area contributed by atoms with Gasteiger partial charge < -0.3 is 4.74 Å². The van der Waals surface area contributed by atoms with E-state index >= 15 is 0 Å². The quantitative estimate of drug-likeness (QED) is 0.783. The lowest BCUT2D eigenvalue weighted by molar-refractivity contribution is 0.194. The Hall–Kier alpha value is -1.80. The summed E-state index contributed by atoms with van der Waals surface area (Å²) >= 11 is 0. The van der Waals surface area contributed by atoms with Gasteiger partial charge in [-0.15, -0.1) is 0 Å². The Kier molecular flexibility index (Phi) is 2.83. The van der Waals surface area contributed by atoms with Crippen molar-refractivity contribution in [2.24, 2.45) is 5.92 Å². The smallest absolute Gasteiger partial charge is 0.119 e. The summed E-state index contributed by atoms with van der Waals surface area (Å²) in [6.07, 6.45) is 0. The summed E-state index contributed by atoms with van der Waals surface area (Å²) in [6.45, 7) is 3.40. The van der Waals surface area contributed by atoms with Crippen LogP contribution in [0, 0.1) is 5.92 Å². The number of methoxy groups -OCH3 is 1. The molecule has 2 aromatic carbocycles. The number of hydrogen-bond acceptors (Lipinski definition) is 2. The number of hydrogen-bond donors (Lipinski definition) is 0. The molecule has 1 heterocycles. The van der Waals surface area contributed by atoms with Crippen molar-refractivity contribution in [1.29, 1.82) is 0 Å². The number of fused-ring (bicyclic) bond motifs is 7. The second-order valence-electron chi connectivity index (χ2n) is 6.39. The first-order valence-electron chi connectivity index (χ1n) is 7.66. The number of benzene rings is 2. The summed E-state index contributed by atoms with van der Waals surface area (Å²) in [5, 5.41) is 0. The maximum atomic E-state index is 5.46. The molecular weight excluding hydrogens is 258 g/mol. The number of nitrogens with zero attached hydrogens (tertiary/aromatic N) is 1. The van der Waals surface area contributed by atoms with Crippen LogP contribution in [-0.2, 0) is 6.54 Å². The zero-order valence-electron chi connectivity index (χ0n) is 12.8. The summed E-state index contributed by atoms with van der Waals surface area (Å²) in [6, 6.07) is 16.0. The van der Waals surface area contributed by atoms with Crippen LogP contribution in [0.4, 0.5) is 0 Å². The fraction of sp³-hybridized carbons (Fsp3) is 0.368. The maximum Gasteiger partial charge on any atom is 0.119 e. The molecular formula is C19H21NO. The van der Waals surface area contributed by atoms with E-state index in [1.165, 1.54) is 22.3 Å². The van der Waals surface area contributed by atoms with Gasteiger partial charge in [-0.1, -0.05) is 37.3 Å². The molecule has 2 aromatic rings. The minimum atomic E-state index is 0.487. The molecule has 2 bridgehead atoms. The van der Waals surface area contributed by atoms with Crippen LogP contribution in [0.25, 0.3) is 0 Å². The lowest BCUT2D eigenvalue weighted by atomic mass is 9.84. The summed E-state index contributed by atoms with van der Waals surface area (Å²) in [5.74, 6) is 2.05. The molecule has 3 atom stereocenters. The number of ether oxygens (including phenoxy) is 1. The Balaban J connectivity index is 1.97. The third kappa shape index (κ3) is 1.75. The van der Waals surface area contributed by atoms with Crippen LogP contribution in [-0.4, -0.2) is 19.1 Å². The number of rotatable bonds is 1. The normalized spacial score (nSPS) is 26.9. The van der Waals surface area contributed by atoms with Gasteiger partial charge >= 0.3 is 0 Å². The molecule has 0 fully saturated rings. The summed E-state index contributed by atoms with van der Waals surface area (Å²) < 4.78 is 5.46. The van der Waals surface area contributed by atoms with Crippen molar-refractivity contribution in [2.45, 2.75) is 25.4 Å². The predicted octanol–water partition coefficient (Wildman–Crippen LogP) is 3.96. The second-order valence-corrected chi connectivity index (χ2v) is 6.39.